The maximum Gasteiger partial charge on any atom is 0.417 e. The van der Waals surface area contributed by atoms with Crippen LogP contribution in [0.1, 0.15) is 28.1 Å². The van der Waals surface area contributed by atoms with Crippen LogP contribution in [0, 0.1) is 0 Å². The molecule has 0 fully saturated rings. The maximum atomic E-state index is 13.4. The topological polar surface area (TPSA) is 25.8 Å². The second-order valence-electron chi connectivity index (χ2n) is 5.52. The molecular weight excluding hydrogens is 337 g/mol. The normalized spacial score (nSPS) is 12.1. The van der Waals surface area contributed by atoms with Crippen LogP contribution in [0.3, 0.4) is 0 Å². The van der Waals surface area contributed by atoms with E-state index in [4.69, 9.17) is 0 Å². The monoisotopic (exact) mass is 352 g/mol. The Bertz CT molecular complexity index is 915. The lowest BCUT2D eigenvalue weighted by molar-refractivity contribution is -0.137. The molecule has 0 aliphatic heterocycles. The molecule has 0 bridgehead atoms. The number of hydrogen-bond acceptors (Lipinski definition) is 2. The van der Waals surface area contributed by atoms with Gasteiger partial charge >= 0.3 is 6.18 Å². The van der Waals surface area contributed by atoms with Crippen LogP contribution in [0.5, 0.6) is 0 Å². The predicted molar refractivity (Wildman–Crippen MR) is 97.8 cm³/mol. The zero-order chi connectivity index (χ0) is 18.4. The summed E-state index contributed by atoms with van der Waals surface area (Å²) in [6, 6.07) is 14.9. The van der Waals surface area contributed by atoms with Crippen molar-refractivity contribution >= 4 is 24.3 Å². The molecular formula is C21H15F3N2. The largest absolute Gasteiger partial charge is 0.417 e. The van der Waals surface area contributed by atoms with Gasteiger partial charge in [0.25, 0.3) is 0 Å². The molecule has 0 N–H and O–H groups in total. The maximum absolute atomic E-state index is 13.4. The van der Waals surface area contributed by atoms with Gasteiger partial charge in [-0.2, -0.15) is 13.2 Å². The lowest BCUT2D eigenvalue weighted by Crippen LogP contribution is -2.07. The highest BCUT2D eigenvalue weighted by Gasteiger charge is 2.32. The molecule has 1 aromatic carbocycles. The van der Waals surface area contributed by atoms with E-state index in [1.807, 2.05) is 6.07 Å². The van der Waals surface area contributed by atoms with Crippen molar-refractivity contribution in [2.45, 2.75) is 6.18 Å². The summed E-state index contributed by atoms with van der Waals surface area (Å²) in [7, 11) is 0. The highest BCUT2D eigenvalue weighted by molar-refractivity contribution is 5.73. The summed E-state index contributed by atoms with van der Waals surface area (Å²) in [5.74, 6) is 0. The van der Waals surface area contributed by atoms with Crippen molar-refractivity contribution < 1.29 is 13.2 Å². The zero-order valence-corrected chi connectivity index (χ0v) is 13.7. The summed E-state index contributed by atoms with van der Waals surface area (Å²) in [6.45, 7) is 0. The van der Waals surface area contributed by atoms with E-state index in [1.165, 1.54) is 12.1 Å². The first kappa shape index (κ1) is 17.6. The Labute approximate surface area is 149 Å². The van der Waals surface area contributed by atoms with Gasteiger partial charge in [0, 0.05) is 12.4 Å². The number of pyridine rings is 2. The van der Waals surface area contributed by atoms with Gasteiger partial charge in [0.15, 0.2) is 0 Å². The van der Waals surface area contributed by atoms with Crippen molar-refractivity contribution in [3.05, 3.63) is 95.1 Å². The molecule has 0 atom stereocenters. The standard InChI is InChI=1S/C21H15F3N2/c22-21(23,24)20-15-16(8-11-18-5-1-3-13-25-18)7-9-17(20)10-12-19-6-2-4-14-26-19/h1-15H/b11-8+,12-10+. The lowest BCUT2D eigenvalue weighted by atomic mass is 10.0. The first-order chi connectivity index (χ1) is 12.5. The minimum absolute atomic E-state index is 0.0955. The molecule has 0 aliphatic carbocycles. The van der Waals surface area contributed by atoms with Crippen LogP contribution in [-0.4, -0.2) is 9.97 Å². The number of halogens is 3. The number of rotatable bonds is 4. The van der Waals surface area contributed by atoms with Crippen LogP contribution in [0.25, 0.3) is 24.3 Å². The van der Waals surface area contributed by atoms with Gasteiger partial charge in [-0.1, -0.05) is 36.4 Å². The van der Waals surface area contributed by atoms with E-state index in [0.717, 1.165) is 6.07 Å². The van der Waals surface area contributed by atoms with Gasteiger partial charge in [-0.25, -0.2) is 0 Å². The van der Waals surface area contributed by atoms with Gasteiger partial charge in [-0.3, -0.25) is 9.97 Å². The first-order valence-corrected chi connectivity index (χ1v) is 7.92. The molecule has 26 heavy (non-hydrogen) atoms. The van der Waals surface area contributed by atoms with Crippen molar-refractivity contribution in [3.63, 3.8) is 0 Å². The number of benzene rings is 1. The van der Waals surface area contributed by atoms with Crippen LogP contribution < -0.4 is 0 Å². The molecule has 0 amide bonds. The first-order valence-electron chi connectivity index (χ1n) is 7.92. The molecule has 3 rings (SSSR count). The van der Waals surface area contributed by atoms with E-state index in [-0.39, 0.29) is 5.56 Å². The number of hydrogen-bond donors (Lipinski definition) is 0. The molecule has 0 spiro atoms. The van der Waals surface area contributed by atoms with Crippen LogP contribution >= 0.6 is 0 Å². The molecule has 130 valence electrons. The van der Waals surface area contributed by atoms with Gasteiger partial charge in [0.1, 0.15) is 0 Å². The summed E-state index contributed by atoms with van der Waals surface area (Å²) in [5, 5.41) is 0. The van der Waals surface area contributed by atoms with E-state index in [9.17, 15) is 13.2 Å². The summed E-state index contributed by atoms with van der Waals surface area (Å²) in [6.07, 6.45) is 5.06. The minimum Gasteiger partial charge on any atom is -0.257 e. The van der Waals surface area contributed by atoms with Gasteiger partial charge < -0.3 is 0 Å². The fourth-order valence-corrected chi connectivity index (χ4v) is 2.37. The molecule has 5 heteroatoms. The highest BCUT2D eigenvalue weighted by atomic mass is 19.4. The average molecular weight is 352 g/mol. The summed E-state index contributed by atoms with van der Waals surface area (Å²) < 4.78 is 40.3. The van der Waals surface area contributed by atoms with E-state index >= 15 is 0 Å². The fraction of sp³-hybridized carbons (Fsp3) is 0.0476. The Kier molecular flexibility index (Phi) is 5.27. The molecule has 2 nitrogen and oxygen atoms in total. The van der Waals surface area contributed by atoms with E-state index in [0.29, 0.717) is 17.0 Å². The minimum atomic E-state index is -4.45. The Morgan fingerprint density at radius 1 is 0.692 bits per heavy atom. The second kappa shape index (κ2) is 7.78. The Morgan fingerprint density at radius 3 is 1.85 bits per heavy atom. The third-order valence-corrected chi connectivity index (χ3v) is 3.64. The van der Waals surface area contributed by atoms with Crippen molar-refractivity contribution in [2.75, 3.05) is 0 Å². The van der Waals surface area contributed by atoms with Gasteiger partial charge in [-0.15, -0.1) is 0 Å². The summed E-state index contributed by atoms with van der Waals surface area (Å²) >= 11 is 0. The number of nitrogens with zero attached hydrogens (tertiary/aromatic N) is 2. The van der Waals surface area contributed by atoms with Gasteiger partial charge in [0.05, 0.1) is 17.0 Å². The summed E-state index contributed by atoms with van der Waals surface area (Å²) in [4.78, 5) is 8.20. The SMILES string of the molecule is FC(F)(F)c1cc(/C=C/c2ccccn2)ccc1/C=C/c1ccccn1. The molecule has 0 saturated carbocycles. The van der Waals surface area contributed by atoms with Gasteiger partial charge in [-0.05, 0) is 53.6 Å². The second-order valence-corrected chi connectivity index (χ2v) is 5.52. The zero-order valence-electron chi connectivity index (χ0n) is 13.7. The van der Waals surface area contributed by atoms with E-state index in [1.54, 1.807) is 67.0 Å². The summed E-state index contributed by atoms with van der Waals surface area (Å²) in [5.41, 5.74) is 1.14. The molecule has 0 saturated heterocycles. The molecule has 0 unspecified atom stereocenters. The third-order valence-electron chi connectivity index (χ3n) is 3.64. The number of alkyl halides is 3. The molecule has 0 radical (unpaired) electrons. The number of aromatic nitrogens is 2. The highest BCUT2D eigenvalue weighted by Crippen LogP contribution is 2.34. The van der Waals surface area contributed by atoms with Gasteiger partial charge in [0.2, 0.25) is 0 Å². The van der Waals surface area contributed by atoms with E-state index < -0.39 is 11.7 Å². The van der Waals surface area contributed by atoms with Crippen LogP contribution in [0.15, 0.2) is 67.0 Å². The fourth-order valence-electron chi connectivity index (χ4n) is 2.37. The van der Waals surface area contributed by atoms with Crippen molar-refractivity contribution in [2.24, 2.45) is 0 Å². The van der Waals surface area contributed by atoms with Crippen molar-refractivity contribution in [1.82, 2.24) is 9.97 Å². The van der Waals surface area contributed by atoms with Crippen LogP contribution in [0.2, 0.25) is 0 Å². The Morgan fingerprint density at radius 2 is 1.31 bits per heavy atom. The third kappa shape index (κ3) is 4.66. The molecule has 2 aromatic heterocycles. The average Bonchev–Trinajstić information content (AvgIpc) is 2.66. The van der Waals surface area contributed by atoms with Crippen LogP contribution in [-0.2, 0) is 6.18 Å². The lowest BCUT2D eigenvalue weighted by Gasteiger charge is -2.11. The smallest absolute Gasteiger partial charge is 0.257 e. The van der Waals surface area contributed by atoms with Crippen molar-refractivity contribution in [1.29, 1.82) is 0 Å². The van der Waals surface area contributed by atoms with Crippen molar-refractivity contribution in [3.8, 4) is 0 Å². The predicted octanol–water partition coefficient (Wildman–Crippen LogP) is 5.84. The molecule has 0 aliphatic rings. The molecule has 2 heterocycles. The Balaban J connectivity index is 1.91. The Hall–Kier alpha value is -3.21. The molecule has 3 aromatic rings. The van der Waals surface area contributed by atoms with E-state index in [2.05, 4.69) is 9.97 Å². The van der Waals surface area contributed by atoms with Crippen LogP contribution in [0.4, 0.5) is 13.2 Å². The quantitative estimate of drug-likeness (QED) is 0.590.